The fraction of sp³-hybridized carbons (Fsp3) is 0.188. The van der Waals surface area contributed by atoms with Crippen LogP contribution >= 0.6 is 15.9 Å². The molecule has 0 spiro atoms. The Morgan fingerprint density at radius 3 is 2.33 bits per heavy atom. The van der Waals surface area contributed by atoms with Crippen molar-refractivity contribution in [3.8, 4) is 6.07 Å². The molecule has 0 saturated carbocycles. The van der Waals surface area contributed by atoms with Gasteiger partial charge in [-0.15, -0.1) is 0 Å². The summed E-state index contributed by atoms with van der Waals surface area (Å²) in [5, 5.41) is 10.4. The minimum Gasteiger partial charge on any atom is -0.197 e. The normalized spacial score (nSPS) is 13.6. The highest BCUT2D eigenvalue weighted by Gasteiger charge is 2.28. The molecule has 0 N–H and O–H groups in total. The lowest BCUT2D eigenvalue weighted by atomic mass is 9.77. The van der Waals surface area contributed by atoms with Crippen LogP contribution in [0.4, 0.5) is 0 Å². The second-order valence-electron chi connectivity index (χ2n) is 4.44. The lowest BCUT2D eigenvalue weighted by Gasteiger charge is -2.23. The predicted octanol–water partition coefficient (Wildman–Crippen LogP) is 4.41. The van der Waals surface area contributed by atoms with E-state index in [0.29, 0.717) is 0 Å². The third-order valence-electron chi connectivity index (χ3n) is 3.23. The molecular weight excluding hydrogens is 286 g/mol. The molecule has 0 heterocycles. The van der Waals surface area contributed by atoms with Crippen molar-refractivity contribution in [2.24, 2.45) is 0 Å². The van der Waals surface area contributed by atoms with E-state index in [9.17, 15) is 5.26 Å². The second kappa shape index (κ2) is 5.37. The van der Waals surface area contributed by atoms with E-state index >= 15 is 0 Å². The molecule has 0 amide bonds. The monoisotopic (exact) mass is 299 g/mol. The molecule has 90 valence electrons. The summed E-state index contributed by atoms with van der Waals surface area (Å²) < 4.78 is 0. The number of hydrogen-bond acceptors (Lipinski definition) is 1. The van der Waals surface area contributed by atoms with E-state index in [0.717, 1.165) is 16.5 Å². The van der Waals surface area contributed by atoms with Crippen molar-refractivity contribution in [2.45, 2.75) is 17.7 Å². The van der Waals surface area contributed by atoms with E-state index in [1.807, 2.05) is 49.4 Å². The second-order valence-corrected chi connectivity index (χ2v) is 5.00. The predicted molar refractivity (Wildman–Crippen MR) is 77.6 cm³/mol. The highest BCUT2D eigenvalue weighted by molar-refractivity contribution is 9.08. The van der Waals surface area contributed by atoms with Crippen LogP contribution in [0.1, 0.15) is 23.6 Å². The number of benzene rings is 2. The molecule has 2 aromatic carbocycles. The van der Waals surface area contributed by atoms with Gasteiger partial charge in [-0.1, -0.05) is 70.5 Å². The maximum atomic E-state index is 9.59. The first-order valence-corrected chi connectivity index (χ1v) is 6.95. The summed E-state index contributed by atoms with van der Waals surface area (Å²) in [4.78, 5) is 0. The van der Waals surface area contributed by atoms with E-state index in [4.69, 9.17) is 0 Å². The van der Waals surface area contributed by atoms with Crippen LogP contribution in [0.2, 0.25) is 0 Å². The van der Waals surface area contributed by atoms with Gasteiger partial charge in [0.15, 0.2) is 0 Å². The molecule has 0 radical (unpaired) electrons. The fourth-order valence-corrected chi connectivity index (χ4v) is 2.38. The van der Waals surface area contributed by atoms with E-state index in [-0.39, 0.29) is 0 Å². The van der Waals surface area contributed by atoms with Gasteiger partial charge in [-0.2, -0.15) is 5.26 Å². The molecular formula is C16H14BrN. The minimum atomic E-state index is -0.598. The summed E-state index contributed by atoms with van der Waals surface area (Å²) in [6.07, 6.45) is 0. The topological polar surface area (TPSA) is 23.8 Å². The van der Waals surface area contributed by atoms with Gasteiger partial charge < -0.3 is 0 Å². The zero-order chi connectivity index (χ0) is 13.0. The lowest BCUT2D eigenvalue weighted by molar-refractivity contribution is 0.739. The average Bonchev–Trinajstić information content (AvgIpc) is 2.47. The number of rotatable bonds is 3. The van der Waals surface area contributed by atoms with Crippen molar-refractivity contribution in [3.05, 3.63) is 71.3 Å². The first-order chi connectivity index (χ1) is 8.70. The van der Waals surface area contributed by atoms with Gasteiger partial charge in [0, 0.05) is 5.33 Å². The SMILES string of the molecule is CC(C#N)(c1ccccc1)c1cccc(CBr)c1. The summed E-state index contributed by atoms with van der Waals surface area (Å²) in [5.41, 5.74) is 2.65. The van der Waals surface area contributed by atoms with Crippen LogP contribution in [-0.2, 0) is 10.7 Å². The Labute approximate surface area is 116 Å². The van der Waals surface area contributed by atoms with Crippen molar-refractivity contribution in [2.75, 3.05) is 0 Å². The zero-order valence-electron chi connectivity index (χ0n) is 10.2. The lowest BCUT2D eigenvalue weighted by Crippen LogP contribution is -2.21. The van der Waals surface area contributed by atoms with Gasteiger partial charge >= 0.3 is 0 Å². The van der Waals surface area contributed by atoms with Gasteiger partial charge in [0.2, 0.25) is 0 Å². The van der Waals surface area contributed by atoms with Crippen LogP contribution in [0.5, 0.6) is 0 Å². The van der Waals surface area contributed by atoms with Crippen LogP contribution < -0.4 is 0 Å². The molecule has 0 saturated heterocycles. The number of nitriles is 1. The van der Waals surface area contributed by atoms with Crippen LogP contribution in [-0.4, -0.2) is 0 Å². The highest BCUT2D eigenvalue weighted by atomic mass is 79.9. The molecule has 0 aliphatic carbocycles. The molecule has 0 aliphatic heterocycles. The summed E-state index contributed by atoms with van der Waals surface area (Å²) in [5.74, 6) is 0. The highest BCUT2D eigenvalue weighted by Crippen LogP contribution is 2.31. The Bertz CT molecular complexity index is 571. The van der Waals surface area contributed by atoms with Gasteiger partial charge in [0.25, 0.3) is 0 Å². The average molecular weight is 300 g/mol. The van der Waals surface area contributed by atoms with Crippen LogP contribution in [0.25, 0.3) is 0 Å². The molecule has 2 aromatic rings. The Balaban J connectivity index is 2.54. The van der Waals surface area contributed by atoms with Crippen molar-refractivity contribution >= 4 is 15.9 Å². The maximum absolute atomic E-state index is 9.59. The summed E-state index contributed by atoms with van der Waals surface area (Å²) in [6.45, 7) is 1.97. The smallest absolute Gasteiger partial charge is 0.104 e. The van der Waals surface area contributed by atoms with Crippen LogP contribution in [0.3, 0.4) is 0 Å². The Morgan fingerprint density at radius 2 is 1.72 bits per heavy atom. The van der Waals surface area contributed by atoms with Crippen LogP contribution in [0.15, 0.2) is 54.6 Å². The molecule has 0 aliphatic rings. The van der Waals surface area contributed by atoms with E-state index in [2.05, 4.69) is 34.1 Å². The van der Waals surface area contributed by atoms with Crippen molar-refractivity contribution in [1.29, 1.82) is 5.26 Å². The van der Waals surface area contributed by atoms with Crippen molar-refractivity contribution < 1.29 is 0 Å². The first-order valence-electron chi connectivity index (χ1n) is 5.83. The molecule has 1 nitrogen and oxygen atoms in total. The summed E-state index contributed by atoms with van der Waals surface area (Å²) in [6, 6.07) is 20.5. The van der Waals surface area contributed by atoms with Gasteiger partial charge in [-0.05, 0) is 23.6 Å². The Morgan fingerprint density at radius 1 is 1.06 bits per heavy atom. The molecule has 1 atom stereocenters. The molecule has 1 unspecified atom stereocenters. The van der Waals surface area contributed by atoms with Gasteiger partial charge in [0.1, 0.15) is 5.41 Å². The van der Waals surface area contributed by atoms with Gasteiger partial charge in [-0.3, -0.25) is 0 Å². The number of hydrogen-bond donors (Lipinski definition) is 0. The molecule has 0 aromatic heterocycles. The van der Waals surface area contributed by atoms with Gasteiger partial charge in [-0.25, -0.2) is 0 Å². The first kappa shape index (κ1) is 12.9. The van der Waals surface area contributed by atoms with Gasteiger partial charge in [0.05, 0.1) is 6.07 Å². The number of halogens is 1. The van der Waals surface area contributed by atoms with E-state index in [1.165, 1.54) is 5.56 Å². The van der Waals surface area contributed by atoms with E-state index in [1.54, 1.807) is 0 Å². The molecule has 18 heavy (non-hydrogen) atoms. The third-order valence-corrected chi connectivity index (χ3v) is 3.88. The standard InChI is InChI=1S/C16H14BrN/c1-16(12-18,14-7-3-2-4-8-14)15-9-5-6-13(10-15)11-17/h2-10H,11H2,1H3. The van der Waals surface area contributed by atoms with E-state index < -0.39 is 5.41 Å². The van der Waals surface area contributed by atoms with Crippen molar-refractivity contribution in [1.82, 2.24) is 0 Å². The summed E-state index contributed by atoms with van der Waals surface area (Å²) >= 11 is 3.45. The van der Waals surface area contributed by atoms with Crippen LogP contribution in [0, 0.1) is 11.3 Å². The minimum absolute atomic E-state index is 0.598. The fourth-order valence-electron chi connectivity index (χ4n) is 2.03. The number of nitrogens with zero attached hydrogens (tertiary/aromatic N) is 1. The summed E-state index contributed by atoms with van der Waals surface area (Å²) in [7, 11) is 0. The largest absolute Gasteiger partial charge is 0.197 e. The quantitative estimate of drug-likeness (QED) is 0.770. The van der Waals surface area contributed by atoms with Crippen molar-refractivity contribution in [3.63, 3.8) is 0 Å². The Kier molecular flexibility index (Phi) is 3.84. The number of alkyl halides is 1. The molecule has 2 heteroatoms. The maximum Gasteiger partial charge on any atom is 0.104 e. The zero-order valence-corrected chi connectivity index (χ0v) is 11.8. The molecule has 0 fully saturated rings. The molecule has 2 rings (SSSR count). The Hall–Kier alpha value is -1.59. The molecule has 0 bridgehead atoms. The third kappa shape index (κ3) is 2.32.